The van der Waals surface area contributed by atoms with Crippen molar-refractivity contribution in [3.63, 3.8) is 0 Å². The lowest BCUT2D eigenvalue weighted by molar-refractivity contribution is -0.385. The van der Waals surface area contributed by atoms with Gasteiger partial charge in [-0.2, -0.15) is 4.31 Å². The highest BCUT2D eigenvalue weighted by Crippen LogP contribution is 2.36. The lowest BCUT2D eigenvalue weighted by Crippen LogP contribution is -2.32. The molecular weight excluding hydrogens is 268 g/mol. The molecule has 0 bridgehead atoms. The highest BCUT2D eigenvalue weighted by Gasteiger charge is 2.29. The molecule has 7 heteroatoms. The number of hydrogen-bond acceptors (Lipinski definition) is 4. The molecule has 1 unspecified atom stereocenters. The molecule has 19 heavy (non-hydrogen) atoms. The Hall–Kier alpha value is -1.47. The minimum absolute atomic E-state index is 0.00699. The topological polar surface area (TPSA) is 80.5 Å². The second kappa shape index (κ2) is 4.90. The van der Waals surface area contributed by atoms with Crippen molar-refractivity contribution in [3.8, 4) is 0 Å². The van der Waals surface area contributed by atoms with Crippen molar-refractivity contribution < 1.29 is 13.3 Å². The minimum atomic E-state index is -3.31. The normalized spacial score (nSPS) is 19.2. The van der Waals surface area contributed by atoms with E-state index in [1.807, 2.05) is 0 Å². The molecule has 1 atom stereocenters. The fourth-order valence-electron chi connectivity index (χ4n) is 2.48. The highest BCUT2D eigenvalue weighted by atomic mass is 32.2. The summed E-state index contributed by atoms with van der Waals surface area (Å²) < 4.78 is 24.6. The quantitative estimate of drug-likeness (QED) is 0.626. The first-order chi connectivity index (χ1) is 8.80. The largest absolute Gasteiger partial charge is 0.269 e. The molecule has 0 fully saturated rings. The Balaban J connectivity index is 2.48. The van der Waals surface area contributed by atoms with Crippen LogP contribution in [0.1, 0.15) is 30.0 Å². The van der Waals surface area contributed by atoms with Gasteiger partial charge in [0.05, 0.1) is 11.2 Å². The zero-order chi connectivity index (χ0) is 14.2. The van der Waals surface area contributed by atoms with Gasteiger partial charge in [0.15, 0.2) is 0 Å². The molecule has 1 aromatic rings. The van der Waals surface area contributed by atoms with E-state index in [9.17, 15) is 18.5 Å². The average Bonchev–Trinajstić information content (AvgIpc) is 2.35. The van der Waals surface area contributed by atoms with E-state index in [-0.39, 0.29) is 11.7 Å². The standard InChI is InChI=1S/C12H16N2O4S/c1-13(19(2,17)18)12-5-3-4-9-6-7-10(14(15)16)8-11(9)12/h6-8,12H,3-5H2,1-2H3. The molecule has 0 aromatic heterocycles. The molecule has 0 amide bonds. The molecule has 0 radical (unpaired) electrons. The Labute approximate surface area is 112 Å². The summed E-state index contributed by atoms with van der Waals surface area (Å²) in [7, 11) is -1.79. The van der Waals surface area contributed by atoms with Gasteiger partial charge in [0, 0.05) is 25.2 Å². The van der Waals surface area contributed by atoms with E-state index in [4.69, 9.17) is 0 Å². The van der Waals surface area contributed by atoms with Gasteiger partial charge in [0.1, 0.15) is 0 Å². The summed E-state index contributed by atoms with van der Waals surface area (Å²) in [5.41, 5.74) is 1.76. The van der Waals surface area contributed by atoms with Crippen LogP contribution in [-0.4, -0.2) is 30.9 Å². The Morgan fingerprint density at radius 2 is 2.11 bits per heavy atom. The number of fused-ring (bicyclic) bond motifs is 1. The van der Waals surface area contributed by atoms with Crippen molar-refractivity contribution in [2.75, 3.05) is 13.3 Å². The van der Waals surface area contributed by atoms with Crippen LogP contribution in [0.2, 0.25) is 0 Å². The molecule has 1 aromatic carbocycles. The number of nitrogens with zero attached hydrogens (tertiary/aromatic N) is 2. The Morgan fingerprint density at radius 3 is 2.68 bits per heavy atom. The van der Waals surface area contributed by atoms with Crippen molar-refractivity contribution in [2.45, 2.75) is 25.3 Å². The van der Waals surface area contributed by atoms with Crippen LogP contribution in [0.25, 0.3) is 0 Å². The number of rotatable bonds is 3. The second-order valence-corrected chi connectivity index (χ2v) is 6.87. The van der Waals surface area contributed by atoms with E-state index in [0.717, 1.165) is 30.2 Å². The van der Waals surface area contributed by atoms with Gasteiger partial charge < -0.3 is 0 Å². The third kappa shape index (κ3) is 2.76. The first kappa shape index (κ1) is 14.0. The molecule has 0 aliphatic heterocycles. The number of nitro groups is 1. The Morgan fingerprint density at radius 1 is 1.42 bits per heavy atom. The molecule has 6 nitrogen and oxygen atoms in total. The second-order valence-electron chi connectivity index (χ2n) is 4.83. The van der Waals surface area contributed by atoms with Gasteiger partial charge in [-0.25, -0.2) is 8.42 Å². The highest BCUT2D eigenvalue weighted by molar-refractivity contribution is 7.88. The van der Waals surface area contributed by atoms with Crippen molar-refractivity contribution in [2.24, 2.45) is 0 Å². The summed E-state index contributed by atoms with van der Waals surface area (Å²) in [5, 5.41) is 10.8. The molecule has 0 N–H and O–H groups in total. The summed E-state index contributed by atoms with van der Waals surface area (Å²) in [4.78, 5) is 10.4. The number of non-ortho nitro benzene ring substituents is 1. The fourth-order valence-corrected chi connectivity index (χ4v) is 3.17. The van der Waals surface area contributed by atoms with Crippen molar-refractivity contribution in [3.05, 3.63) is 39.4 Å². The summed E-state index contributed by atoms with van der Waals surface area (Å²) in [6.45, 7) is 0. The van der Waals surface area contributed by atoms with Gasteiger partial charge in [0.2, 0.25) is 10.0 Å². The number of aryl methyl sites for hydroxylation is 1. The molecule has 0 spiro atoms. The van der Waals surface area contributed by atoms with E-state index < -0.39 is 14.9 Å². The number of nitro benzene ring substituents is 1. The van der Waals surface area contributed by atoms with Crippen LogP contribution < -0.4 is 0 Å². The van der Waals surface area contributed by atoms with Crippen LogP contribution in [0.4, 0.5) is 5.69 Å². The van der Waals surface area contributed by atoms with E-state index in [1.165, 1.54) is 23.5 Å². The summed E-state index contributed by atoms with van der Waals surface area (Å²) >= 11 is 0. The van der Waals surface area contributed by atoms with Crippen molar-refractivity contribution in [1.29, 1.82) is 0 Å². The van der Waals surface area contributed by atoms with E-state index in [2.05, 4.69) is 0 Å². The fraction of sp³-hybridized carbons (Fsp3) is 0.500. The summed E-state index contributed by atoms with van der Waals surface area (Å²) in [6.07, 6.45) is 3.56. The van der Waals surface area contributed by atoms with Gasteiger partial charge in [-0.15, -0.1) is 0 Å². The maximum Gasteiger partial charge on any atom is 0.269 e. The molecule has 1 aliphatic rings. The summed E-state index contributed by atoms with van der Waals surface area (Å²) in [6, 6.07) is 4.40. The van der Waals surface area contributed by atoms with E-state index in [0.29, 0.717) is 6.42 Å². The monoisotopic (exact) mass is 284 g/mol. The molecule has 1 aliphatic carbocycles. The van der Waals surface area contributed by atoms with Crippen LogP contribution >= 0.6 is 0 Å². The first-order valence-corrected chi connectivity index (χ1v) is 7.86. The average molecular weight is 284 g/mol. The van der Waals surface area contributed by atoms with Crippen molar-refractivity contribution >= 4 is 15.7 Å². The molecule has 0 saturated carbocycles. The van der Waals surface area contributed by atoms with Crippen molar-refractivity contribution in [1.82, 2.24) is 4.31 Å². The Bertz CT molecular complexity index is 612. The molecule has 0 saturated heterocycles. The van der Waals surface area contributed by atoms with Crippen LogP contribution in [0, 0.1) is 10.1 Å². The zero-order valence-corrected chi connectivity index (χ0v) is 11.7. The summed E-state index contributed by atoms with van der Waals surface area (Å²) in [5.74, 6) is 0. The van der Waals surface area contributed by atoms with Crippen LogP contribution in [0.15, 0.2) is 18.2 Å². The number of sulfonamides is 1. The van der Waals surface area contributed by atoms with Gasteiger partial charge in [-0.1, -0.05) is 6.07 Å². The van der Waals surface area contributed by atoms with Gasteiger partial charge in [-0.3, -0.25) is 10.1 Å². The molecule has 104 valence electrons. The van der Waals surface area contributed by atoms with Gasteiger partial charge in [0.25, 0.3) is 5.69 Å². The van der Waals surface area contributed by atoms with E-state index >= 15 is 0 Å². The van der Waals surface area contributed by atoms with Crippen LogP contribution in [-0.2, 0) is 16.4 Å². The first-order valence-electron chi connectivity index (χ1n) is 6.01. The van der Waals surface area contributed by atoms with Crippen LogP contribution in [0.3, 0.4) is 0 Å². The minimum Gasteiger partial charge on any atom is -0.258 e. The lowest BCUT2D eigenvalue weighted by atomic mass is 9.87. The van der Waals surface area contributed by atoms with Gasteiger partial charge in [-0.05, 0) is 30.4 Å². The molecule has 2 rings (SSSR count). The Kier molecular flexibility index (Phi) is 3.60. The smallest absolute Gasteiger partial charge is 0.258 e. The lowest BCUT2D eigenvalue weighted by Gasteiger charge is -2.31. The number of hydrogen-bond donors (Lipinski definition) is 0. The molecular formula is C12H16N2O4S. The van der Waals surface area contributed by atoms with Gasteiger partial charge >= 0.3 is 0 Å². The van der Waals surface area contributed by atoms with E-state index in [1.54, 1.807) is 6.07 Å². The zero-order valence-electron chi connectivity index (χ0n) is 10.9. The predicted molar refractivity (Wildman–Crippen MR) is 71.4 cm³/mol. The van der Waals surface area contributed by atoms with Crippen LogP contribution in [0.5, 0.6) is 0 Å². The maximum absolute atomic E-state index is 11.7. The molecule has 0 heterocycles. The SMILES string of the molecule is CN(C1CCCc2ccc([N+](=O)[O-])cc21)S(C)(=O)=O. The number of benzene rings is 1. The predicted octanol–water partition coefficient (Wildman–Crippen LogP) is 1.86. The third-order valence-corrected chi connectivity index (χ3v) is 4.89. The maximum atomic E-state index is 11.7. The third-order valence-electron chi connectivity index (χ3n) is 3.58.